The van der Waals surface area contributed by atoms with Crippen molar-refractivity contribution < 1.29 is 22.7 Å². The van der Waals surface area contributed by atoms with Gasteiger partial charge in [-0.1, -0.05) is 55.7 Å². The molecule has 2 amide bonds. The van der Waals surface area contributed by atoms with Crippen LogP contribution in [0.15, 0.2) is 66.7 Å². The van der Waals surface area contributed by atoms with Crippen LogP contribution in [0.1, 0.15) is 90.3 Å². The second-order valence-electron chi connectivity index (χ2n) is 16.6. The molecular weight excluding hydrogens is 699 g/mol. The third kappa shape index (κ3) is 5.94. The number of hydrogen-bond acceptors (Lipinski definition) is 6. The molecule has 54 heavy (non-hydrogen) atoms. The minimum Gasteiger partial charge on any atom is -0.497 e. The highest BCUT2D eigenvalue weighted by Crippen LogP contribution is 2.66. The Bertz CT molecular complexity index is 2230. The van der Waals surface area contributed by atoms with Gasteiger partial charge in [-0.2, -0.15) is 12.7 Å². The van der Waals surface area contributed by atoms with E-state index in [2.05, 4.69) is 61.6 Å². The van der Waals surface area contributed by atoms with Crippen LogP contribution in [0.5, 0.6) is 5.75 Å². The van der Waals surface area contributed by atoms with E-state index < -0.39 is 21.5 Å². The van der Waals surface area contributed by atoms with E-state index in [4.69, 9.17) is 4.74 Å². The number of carbonyl (C=O) groups is 2. The van der Waals surface area contributed by atoms with Crippen LogP contribution in [0.3, 0.4) is 0 Å². The highest BCUT2D eigenvalue weighted by Gasteiger charge is 2.65. The number of likely N-dealkylation sites (tertiary alicyclic amines) is 2. The number of piperidine rings is 1. The lowest BCUT2D eigenvalue weighted by atomic mass is 9.81. The number of rotatable bonds is 8. The topological polar surface area (TPSA) is 104 Å². The Morgan fingerprint density at radius 1 is 0.944 bits per heavy atom. The SMILES string of the molecule is COc1ccc2c(c1)[C@@H]1C[C@]1(C(=O)N1CCCC3CN(Cc4ccccc4)CC31)Cn1c-2c(C2CCCCC2)c2ccc(C(=O)NS(=O)(=O)N(C)C)cc21. The van der Waals surface area contributed by atoms with E-state index in [9.17, 15) is 13.2 Å². The molecule has 9 rings (SSSR count). The number of aromatic nitrogens is 1. The normalized spacial score (nSPS) is 25.4. The molecule has 4 heterocycles. The van der Waals surface area contributed by atoms with Gasteiger partial charge in [-0.3, -0.25) is 14.5 Å². The van der Waals surface area contributed by atoms with E-state index in [-0.39, 0.29) is 23.4 Å². The fraction of sp³-hybridized carbons (Fsp3) is 0.488. The van der Waals surface area contributed by atoms with Crippen LogP contribution >= 0.6 is 0 Å². The van der Waals surface area contributed by atoms with Crippen molar-refractivity contribution in [2.45, 2.75) is 82.3 Å². The number of ether oxygens (including phenoxy) is 1. The maximum absolute atomic E-state index is 15.4. The van der Waals surface area contributed by atoms with Crippen LogP contribution < -0.4 is 9.46 Å². The van der Waals surface area contributed by atoms with Gasteiger partial charge in [-0.25, -0.2) is 4.72 Å². The first-order chi connectivity index (χ1) is 26.1. The number of methoxy groups -OCH3 is 1. The van der Waals surface area contributed by atoms with Gasteiger partial charge in [0.05, 0.1) is 18.2 Å². The van der Waals surface area contributed by atoms with Crippen LogP contribution in [0, 0.1) is 11.3 Å². The van der Waals surface area contributed by atoms with E-state index in [0.717, 1.165) is 90.5 Å². The molecule has 11 heteroatoms. The van der Waals surface area contributed by atoms with Gasteiger partial charge in [-0.05, 0) is 91.0 Å². The summed E-state index contributed by atoms with van der Waals surface area (Å²) in [5, 5.41) is 1.08. The first-order valence-electron chi connectivity index (χ1n) is 19.7. The van der Waals surface area contributed by atoms with Crippen molar-refractivity contribution >= 4 is 32.9 Å². The Kier molecular flexibility index (Phi) is 8.90. The Hall–Kier alpha value is -4.19. The fourth-order valence-corrected chi connectivity index (χ4v) is 11.0. The Balaban J connectivity index is 1.15. The molecule has 2 aliphatic carbocycles. The lowest BCUT2D eigenvalue weighted by molar-refractivity contribution is -0.142. The number of nitrogens with zero attached hydrogens (tertiary/aromatic N) is 4. The first-order valence-corrected chi connectivity index (χ1v) is 21.2. The summed E-state index contributed by atoms with van der Waals surface area (Å²) in [5.41, 5.74) is 6.56. The van der Waals surface area contributed by atoms with E-state index in [1.807, 2.05) is 18.2 Å². The predicted molar refractivity (Wildman–Crippen MR) is 210 cm³/mol. The smallest absolute Gasteiger partial charge is 0.303 e. The number of carbonyl (C=O) groups excluding carboxylic acids is 2. The zero-order valence-electron chi connectivity index (χ0n) is 31.6. The minimum absolute atomic E-state index is 0.0446. The van der Waals surface area contributed by atoms with Crippen LogP contribution in [-0.2, 0) is 28.1 Å². The third-order valence-electron chi connectivity index (χ3n) is 13.3. The molecule has 0 bridgehead atoms. The summed E-state index contributed by atoms with van der Waals surface area (Å²) in [7, 11) is 0.511. The first kappa shape index (κ1) is 35.5. The quantitative estimate of drug-likeness (QED) is 0.220. The van der Waals surface area contributed by atoms with Gasteiger partial charge >= 0.3 is 10.2 Å². The minimum atomic E-state index is -3.98. The average molecular weight is 750 g/mol. The molecule has 4 atom stereocenters. The van der Waals surface area contributed by atoms with Crippen molar-refractivity contribution in [3.8, 4) is 17.0 Å². The van der Waals surface area contributed by atoms with Gasteiger partial charge < -0.3 is 14.2 Å². The molecule has 1 aromatic heterocycles. The molecule has 2 saturated carbocycles. The predicted octanol–water partition coefficient (Wildman–Crippen LogP) is 6.51. The second kappa shape index (κ2) is 13.5. The van der Waals surface area contributed by atoms with E-state index in [1.54, 1.807) is 13.2 Å². The monoisotopic (exact) mass is 749 g/mol. The molecule has 5 aliphatic rings. The molecule has 0 spiro atoms. The average Bonchev–Trinajstić information content (AvgIpc) is 3.66. The molecule has 2 saturated heterocycles. The van der Waals surface area contributed by atoms with Gasteiger partial charge in [0.2, 0.25) is 5.91 Å². The molecule has 4 aromatic rings. The lowest BCUT2D eigenvalue weighted by Gasteiger charge is -2.39. The standard InChI is InChI=1S/C43H51N5O5S/c1-45(2)54(51,52)44-41(49)30-16-18-34-37(21-30)48-27-43(42(50)47-20-10-15-31-25-46(26-38(31)47)24-28-11-6-4-7-12-28)23-36(43)35-22-32(53-3)17-19-33(35)40(48)39(34)29-13-8-5-9-14-29/h4,6-7,11-12,16-19,21-22,29,31,36,38H,5,8-10,13-15,20,23-27H2,1-3H3,(H,44,49)/t31?,36-,38?,43-/m0/s1. The molecule has 1 N–H and O–H groups in total. The molecule has 3 aromatic carbocycles. The number of fused-ring (bicyclic) bond motifs is 8. The number of benzene rings is 3. The van der Waals surface area contributed by atoms with Gasteiger partial charge in [0.15, 0.2) is 0 Å². The largest absolute Gasteiger partial charge is 0.497 e. The van der Waals surface area contributed by atoms with Gasteiger partial charge in [-0.15, -0.1) is 0 Å². The van der Waals surface area contributed by atoms with E-state index in [0.29, 0.717) is 18.4 Å². The van der Waals surface area contributed by atoms with Gasteiger partial charge in [0, 0.05) is 80.8 Å². The zero-order valence-corrected chi connectivity index (χ0v) is 32.4. The fourth-order valence-electron chi connectivity index (χ4n) is 10.5. The molecular formula is C43H51N5O5S. The number of nitrogens with one attached hydrogen (secondary N) is 1. The lowest BCUT2D eigenvalue weighted by Crippen LogP contribution is -2.52. The molecule has 0 radical (unpaired) electrons. The Labute approximate surface area is 318 Å². The zero-order chi connectivity index (χ0) is 37.4. The Morgan fingerprint density at radius 3 is 2.50 bits per heavy atom. The number of amides is 2. The summed E-state index contributed by atoms with van der Waals surface area (Å²) < 4.78 is 36.8. The van der Waals surface area contributed by atoms with Crippen LogP contribution in [0.25, 0.3) is 22.2 Å². The Morgan fingerprint density at radius 2 is 1.74 bits per heavy atom. The van der Waals surface area contributed by atoms with Crippen molar-refractivity contribution in [3.05, 3.63) is 89.0 Å². The summed E-state index contributed by atoms with van der Waals surface area (Å²) in [6.45, 7) is 4.06. The van der Waals surface area contributed by atoms with Gasteiger partial charge in [0.1, 0.15) is 5.75 Å². The molecule has 3 aliphatic heterocycles. The van der Waals surface area contributed by atoms with Gasteiger partial charge in [0.25, 0.3) is 5.91 Å². The van der Waals surface area contributed by atoms with Crippen molar-refractivity contribution in [1.82, 2.24) is 23.4 Å². The van der Waals surface area contributed by atoms with Crippen LogP contribution in [0.4, 0.5) is 0 Å². The van der Waals surface area contributed by atoms with Crippen molar-refractivity contribution in [3.63, 3.8) is 0 Å². The molecule has 4 fully saturated rings. The maximum Gasteiger partial charge on any atom is 0.303 e. The summed E-state index contributed by atoms with van der Waals surface area (Å²) in [4.78, 5) is 33.7. The van der Waals surface area contributed by atoms with Crippen molar-refractivity contribution in [1.29, 1.82) is 0 Å². The molecule has 284 valence electrons. The van der Waals surface area contributed by atoms with Crippen LogP contribution in [-0.4, -0.2) is 85.8 Å². The van der Waals surface area contributed by atoms with Crippen molar-refractivity contribution in [2.24, 2.45) is 11.3 Å². The maximum atomic E-state index is 15.4. The number of hydrogen-bond donors (Lipinski definition) is 1. The van der Waals surface area contributed by atoms with E-state index in [1.165, 1.54) is 50.0 Å². The third-order valence-corrected chi connectivity index (χ3v) is 14.7. The summed E-state index contributed by atoms with van der Waals surface area (Å²) >= 11 is 0. The second-order valence-corrected chi connectivity index (χ2v) is 18.5. The summed E-state index contributed by atoms with van der Waals surface area (Å²) in [6.07, 6.45) is 8.64. The molecule has 2 unspecified atom stereocenters. The highest BCUT2D eigenvalue weighted by atomic mass is 32.2. The van der Waals surface area contributed by atoms with Crippen LogP contribution in [0.2, 0.25) is 0 Å². The highest BCUT2D eigenvalue weighted by molar-refractivity contribution is 7.87. The summed E-state index contributed by atoms with van der Waals surface area (Å²) in [5.74, 6) is 1.21. The van der Waals surface area contributed by atoms with E-state index >= 15 is 4.79 Å². The molecule has 10 nitrogen and oxygen atoms in total. The van der Waals surface area contributed by atoms with Crippen molar-refractivity contribution in [2.75, 3.05) is 40.8 Å². The summed E-state index contributed by atoms with van der Waals surface area (Å²) in [6, 6.07) is 22.8.